The molecule has 1 saturated heterocycles. The van der Waals surface area contributed by atoms with Gasteiger partial charge < -0.3 is 14.8 Å². The van der Waals surface area contributed by atoms with E-state index in [0.717, 1.165) is 5.82 Å². The van der Waals surface area contributed by atoms with Gasteiger partial charge in [0.2, 0.25) is 0 Å². The van der Waals surface area contributed by atoms with E-state index in [-0.39, 0.29) is 40.6 Å². The zero-order chi connectivity index (χ0) is 17.3. The normalized spacial score (nSPS) is 17.0. The van der Waals surface area contributed by atoms with Crippen LogP contribution in [0.15, 0.2) is 30.6 Å². The quantitative estimate of drug-likeness (QED) is 0.645. The molecule has 1 aliphatic rings. The average molecular weight is 386 g/mol. The first-order valence-corrected chi connectivity index (χ1v) is 7.79. The van der Waals surface area contributed by atoms with Crippen LogP contribution < -0.4 is 5.32 Å². The molecule has 8 nitrogen and oxygen atoms in total. The summed E-state index contributed by atoms with van der Waals surface area (Å²) in [6.45, 7) is 1.75. The fourth-order valence-corrected chi connectivity index (χ4v) is 3.08. The van der Waals surface area contributed by atoms with Crippen LogP contribution in [0.3, 0.4) is 0 Å². The Kier molecular flexibility index (Phi) is 5.99. The average Bonchev–Trinajstić information content (AvgIpc) is 3.00. The number of aromatic nitrogens is 2. The highest BCUT2D eigenvalue weighted by molar-refractivity contribution is 6.34. The number of carbonyl (C=O) groups is 1. The number of halogens is 2. The van der Waals surface area contributed by atoms with Crippen LogP contribution in [0.5, 0.6) is 0 Å². The standard InChI is InChI=1S/C15H16ClN5O3.ClH/c1-19-6-5-18-14(19)13-9-17-4-7-20(13)15(22)11-3-2-10(21(23)24)8-12(11)16;/h2-3,5-6,8,13,17H,4,7,9H2,1H3;1H. The molecule has 0 aliphatic carbocycles. The highest BCUT2D eigenvalue weighted by Gasteiger charge is 2.32. The van der Waals surface area contributed by atoms with Crippen molar-refractivity contribution in [3.8, 4) is 0 Å². The van der Waals surface area contributed by atoms with Crippen molar-refractivity contribution in [3.05, 3.63) is 57.1 Å². The van der Waals surface area contributed by atoms with Gasteiger partial charge in [0.25, 0.3) is 11.6 Å². The number of non-ortho nitro benzene ring substituents is 1. The van der Waals surface area contributed by atoms with Crippen molar-refractivity contribution in [3.63, 3.8) is 0 Å². The third kappa shape index (κ3) is 3.76. The molecule has 1 aromatic carbocycles. The molecule has 1 amide bonds. The largest absolute Gasteiger partial charge is 0.336 e. The first kappa shape index (κ1) is 19.2. The van der Waals surface area contributed by atoms with Gasteiger partial charge in [0.15, 0.2) is 0 Å². The number of carbonyl (C=O) groups excluding carboxylic acids is 1. The summed E-state index contributed by atoms with van der Waals surface area (Å²) < 4.78 is 1.87. The molecule has 2 aromatic rings. The Bertz CT molecular complexity index is 795. The molecular weight excluding hydrogens is 369 g/mol. The molecule has 3 rings (SSSR count). The lowest BCUT2D eigenvalue weighted by Crippen LogP contribution is -2.49. The number of imidazole rings is 1. The highest BCUT2D eigenvalue weighted by Crippen LogP contribution is 2.28. The molecule has 0 saturated carbocycles. The summed E-state index contributed by atoms with van der Waals surface area (Å²) in [5.74, 6) is 0.512. The summed E-state index contributed by atoms with van der Waals surface area (Å²) in [4.78, 5) is 29.2. The molecular formula is C15H17Cl2N5O3. The van der Waals surface area contributed by atoms with Crippen LogP contribution in [0.25, 0.3) is 0 Å². The Balaban J connectivity index is 0.00000225. The number of hydrogen-bond donors (Lipinski definition) is 1. The Morgan fingerprint density at radius 1 is 1.48 bits per heavy atom. The van der Waals surface area contributed by atoms with Gasteiger partial charge in [0.1, 0.15) is 11.9 Å². The van der Waals surface area contributed by atoms with E-state index >= 15 is 0 Å². The van der Waals surface area contributed by atoms with Crippen molar-refractivity contribution < 1.29 is 9.72 Å². The van der Waals surface area contributed by atoms with E-state index < -0.39 is 4.92 Å². The van der Waals surface area contributed by atoms with Gasteiger partial charge in [-0.05, 0) is 6.07 Å². The summed E-state index contributed by atoms with van der Waals surface area (Å²) in [6, 6.07) is 3.67. The molecule has 1 aliphatic heterocycles. The zero-order valence-corrected chi connectivity index (χ0v) is 15.0. The minimum Gasteiger partial charge on any atom is -0.336 e. The molecule has 1 atom stereocenters. The SMILES string of the molecule is Cl.Cn1ccnc1C1CNCCN1C(=O)c1ccc([N+](=O)[O-])cc1Cl. The second-order valence-corrected chi connectivity index (χ2v) is 5.94. The van der Waals surface area contributed by atoms with Crippen molar-refractivity contribution in [2.24, 2.45) is 7.05 Å². The van der Waals surface area contributed by atoms with E-state index in [9.17, 15) is 14.9 Å². The van der Waals surface area contributed by atoms with Gasteiger partial charge in [-0.15, -0.1) is 12.4 Å². The van der Waals surface area contributed by atoms with E-state index in [0.29, 0.717) is 19.6 Å². The van der Waals surface area contributed by atoms with E-state index in [2.05, 4.69) is 10.3 Å². The van der Waals surface area contributed by atoms with Gasteiger partial charge in [-0.1, -0.05) is 11.6 Å². The van der Waals surface area contributed by atoms with Crippen LogP contribution in [0.4, 0.5) is 5.69 Å². The third-order valence-corrected chi connectivity index (χ3v) is 4.37. The summed E-state index contributed by atoms with van der Waals surface area (Å²) in [5, 5.41) is 14.1. The monoisotopic (exact) mass is 385 g/mol. The van der Waals surface area contributed by atoms with Gasteiger partial charge in [-0.25, -0.2) is 4.98 Å². The summed E-state index contributed by atoms with van der Waals surface area (Å²) in [7, 11) is 1.87. The second kappa shape index (κ2) is 7.81. The van der Waals surface area contributed by atoms with E-state index in [1.165, 1.54) is 18.2 Å². The van der Waals surface area contributed by atoms with Crippen molar-refractivity contribution in [1.82, 2.24) is 19.8 Å². The first-order chi connectivity index (χ1) is 11.5. The molecule has 0 spiro atoms. The fourth-order valence-electron chi connectivity index (χ4n) is 2.82. The molecule has 1 fully saturated rings. The number of nitro groups is 1. The van der Waals surface area contributed by atoms with Crippen LogP contribution in [-0.2, 0) is 7.05 Å². The maximum absolute atomic E-state index is 12.9. The Morgan fingerprint density at radius 2 is 2.24 bits per heavy atom. The minimum atomic E-state index is -0.540. The van der Waals surface area contributed by atoms with Crippen LogP contribution in [0, 0.1) is 10.1 Å². The molecule has 134 valence electrons. The van der Waals surface area contributed by atoms with Crippen molar-refractivity contribution in [2.75, 3.05) is 19.6 Å². The van der Waals surface area contributed by atoms with E-state index in [4.69, 9.17) is 11.6 Å². The number of piperazine rings is 1. The molecule has 0 radical (unpaired) electrons. The van der Waals surface area contributed by atoms with Crippen molar-refractivity contribution in [2.45, 2.75) is 6.04 Å². The van der Waals surface area contributed by atoms with Crippen molar-refractivity contribution >= 4 is 35.6 Å². The highest BCUT2D eigenvalue weighted by atomic mass is 35.5. The van der Waals surface area contributed by atoms with Gasteiger partial charge >= 0.3 is 0 Å². The van der Waals surface area contributed by atoms with Crippen LogP contribution in [0.2, 0.25) is 5.02 Å². The van der Waals surface area contributed by atoms with Crippen LogP contribution in [0.1, 0.15) is 22.2 Å². The number of aryl methyl sites for hydroxylation is 1. The maximum Gasteiger partial charge on any atom is 0.270 e. The molecule has 1 aromatic heterocycles. The zero-order valence-electron chi connectivity index (χ0n) is 13.4. The smallest absolute Gasteiger partial charge is 0.270 e. The molecule has 2 heterocycles. The topological polar surface area (TPSA) is 93.3 Å². The number of nitrogens with zero attached hydrogens (tertiary/aromatic N) is 4. The number of hydrogen-bond acceptors (Lipinski definition) is 5. The van der Waals surface area contributed by atoms with Crippen molar-refractivity contribution in [1.29, 1.82) is 0 Å². The Hall–Kier alpha value is -2.16. The Labute approximate surface area is 155 Å². The maximum atomic E-state index is 12.9. The van der Waals surface area contributed by atoms with Gasteiger partial charge in [-0.3, -0.25) is 14.9 Å². The molecule has 1 N–H and O–H groups in total. The number of nitro benzene ring substituents is 1. The number of rotatable bonds is 3. The second-order valence-electron chi connectivity index (χ2n) is 5.54. The molecule has 10 heteroatoms. The van der Waals surface area contributed by atoms with Gasteiger partial charge in [-0.2, -0.15) is 0 Å². The predicted octanol–water partition coefficient (Wildman–Crippen LogP) is 2.19. The van der Waals surface area contributed by atoms with Gasteiger partial charge in [0, 0.05) is 51.2 Å². The number of benzene rings is 1. The fraction of sp³-hybridized carbons (Fsp3) is 0.333. The molecule has 25 heavy (non-hydrogen) atoms. The molecule has 0 bridgehead atoms. The minimum absolute atomic E-state index is 0. The number of amides is 1. The first-order valence-electron chi connectivity index (χ1n) is 7.42. The van der Waals surface area contributed by atoms with Gasteiger partial charge in [0.05, 0.1) is 15.5 Å². The van der Waals surface area contributed by atoms with Crippen LogP contribution >= 0.6 is 24.0 Å². The summed E-state index contributed by atoms with van der Waals surface area (Å²) >= 11 is 6.10. The third-order valence-electron chi connectivity index (χ3n) is 4.05. The Morgan fingerprint density at radius 3 is 2.84 bits per heavy atom. The van der Waals surface area contributed by atoms with Crippen LogP contribution in [-0.4, -0.2) is 44.9 Å². The lowest BCUT2D eigenvalue weighted by molar-refractivity contribution is -0.384. The molecule has 1 unspecified atom stereocenters. The number of nitrogens with one attached hydrogen (secondary N) is 1. The predicted molar refractivity (Wildman–Crippen MR) is 95.2 cm³/mol. The lowest BCUT2D eigenvalue weighted by atomic mass is 10.1. The lowest BCUT2D eigenvalue weighted by Gasteiger charge is -2.36. The van der Waals surface area contributed by atoms with E-state index in [1.54, 1.807) is 11.1 Å². The summed E-state index contributed by atoms with van der Waals surface area (Å²) in [5.41, 5.74) is 0.112. The van der Waals surface area contributed by atoms with E-state index in [1.807, 2.05) is 17.8 Å². The summed E-state index contributed by atoms with van der Waals surface area (Å²) in [6.07, 6.45) is 3.51.